The number of para-hydroxylation sites is 1. The maximum atomic E-state index is 12.3. The molecule has 0 radical (unpaired) electrons. The summed E-state index contributed by atoms with van der Waals surface area (Å²) in [5.74, 6) is 1.41. The highest BCUT2D eigenvalue weighted by Crippen LogP contribution is 2.24. The van der Waals surface area contributed by atoms with Gasteiger partial charge in [-0.25, -0.2) is 4.99 Å². The molecule has 1 saturated heterocycles. The molecule has 1 amide bonds. The molecule has 3 rings (SSSR count). The lowest BCUT2D eigenvalue weighted by Gasteiger charge is -2.17. The summed E-state index contributed by atoms with van der Waals surface area (Å²) >= 11 is 6.18. The number of aliphatic imine (C=N–C) groups is 1. The van der Waals surface area contributed by atoms with Gasteiger partial charge in [0.2, 0.25) is 5.91 Å². The van der Waals surface area contributed by atoms with Crippen molar-refractivity contribution in [2.75, 3.05) is 26.2 Å². The monoisotopic (exact) mass is 556 g/mol. The first kappa shape index (κ1) is 25.3. The Bertz CT molecular complexity index is 872. The van der Waals surface area contributed by atoms with Crippen molar-refractivity contribution >= 4 is 47.4 Å². The molecule has 0 saturated carbocycles. The van der Waals surface area contributed by atoms with Gasteiger partial charge in [0.1, 0.15) is 12.4 Å². The average Bonchev–Trinajstić information content (AvgIpc) is 3.30. The van der Waals surface area contributed by atoms with E-state index in [9.17, 15) is 4.79 Å². The summed E-state index contributed by atoms with van der Waals surface area (Å²) in [6.45, 7) is 5.58. The molecule has 0 bridgehead atoms. The van der Waals surface area contributed by atoms with Crippen LogP contribution in [-0.4, -0.2) is 42.9 Å². The van der Waals surface area contributed by atoms with E-state index in [1.807, 2.05) is 60.4 Å². The number of likely N-dealkylation sites (tertiary alicyclic amines) is 1. The second-order valence-electron chi connectivity index (χ2n) is 7.12. The standard InChI is InChI=1S/C23H29ClN4O2.HI/c1-2-25-23(27-16-22(29)28-13-7-8-14-28)26-15-18-9-3-4-10-19(18)17-30-21-12-6-5-11-20(21)24;/h3-6,9-12H,2,7-8,13-17H2,1H3,(H2,25,26,27);1H. The van der Waals surface area contributed by atoms with Crippen molar-refractivity contribution in [1.82, 2.24) is 15.5 Å². The number of hydrogen-bond donors (Lipinski definition) is 2. The number of ether oxygens (including phenoxy) is 1. The molecule has 1 aliphatic heterocycles. The van der Waals surface area contributed by atoms with Crippen LogP contribution in [0.2, 0.25) is 5.02 Å². The average molecular weight is 557 g/mol. The Labute approximate surface area is 206 Å². The minimum atomic E-state index is 0. The number of halogens is 2. The predicted molar refractivity (Wildman–Crippen MR) is 136 cm³/mol. The van der Waals surface area contributed by atoms with Crippen LogP contribution in [0, 0.1) is 0 Å². The normalized spacial score (nSPS) is 13.5. The van der Waals surface area contributed by atoms with Crippen molar-refractivity contribution < 1.29 is 9.53 Å². The molecule has 0 aromatic heterocycles. The van der Waals surface area contributed by atoms with Crippen molar-refractivity contribution in [2.24, 2.45) is 4.99 Å². The zero-order chi connectivity index (χ0) is 21.2. The molecule has 2 aromatic carbocycles. The zero-order valence-electron chi connectivity index (χ0n) is 17.8. The molecular formula is C23H30ClIN4O2. The molecule has 2 aromatic rings. The van der Waals surface area contributed by atoms with Crippen molar-refractivity contribution in [3.05, 3.63) is 64.7 Å². The number of carbonyl (C=O) groups is 1. The fourth-order valence-corrected chi connectivity index (χ4v) is 3.50. The van der Waals surface area contributed by atoms with E-state index < -0.39 is 0 Å². The third-order valence-corrected chi connectivity index (χ3v) is 5.27. The first-order valence-corrected chi connectivity index (χ1v) is 10.8. The quantitative estimate of drug-likeness (QED) is 0.290. The first-order valence-electron chi connectivity index (χ1n) is 10.4. The summed E-state index contributed by atoms with van der Waals surface area (Å²) in [4.78, 5) is 18.8. The summed E-state index contributed by atoms with van der Waals surface area (Å²) in [7, 11) is 0. The molecule has 0 spiro atoms. The van der Waals surface area contributed by atoms with Crippen LogP contribution in [0.4, 0.5) is 0 Å². The number of benzene rings is 2. The second-order valence-corrected chi connectivity index (χ2v) is 7.53. The van der Waals surface area contributed by atoms with Gasteiger partial charge in [-0.2, -0.15) is 0 Å². The van der Waals surface area contributed by atoms with E-state index in [1.165, 1.54) is 0 Å². The van der Waals surface area contributed by atoms with Gasteiger partial charge in [0.05, 0.1) is 18.1 Å². The number of rotatable bonds is 8. The van der Waals surface area contributed by atoms with Gasteiger partial charge >= 0.3 is 0 Å². The highest BCUT2D eigenvalue weighted by Gasteiger charge is 2.17. The van der Waals surface area contributed by atoms with Gasteiger partial charge in [0, 0.05) is 19.6 Å². The van der Waals surface area contributed by atoms with Crippen LogP contribution in [0.15, 0.2) is 53.5 Å². The van der Waals surface area contributed by atoms with Crippen LogP contribution < -0.4 is 15.4 Å². The van der Waals surface area contributed by atoms with E-state index in [0.29, 0.717) is 29.9 Å². The number of hydrogen-bond acceptors (Lipinski definition) is 3. The van der Waals surface area contributed by atoms with Gasteiger partial charge in [-0.15, -0.1) is 24.0 Å². The minimum absolute atomic E-state index is 0. The minimum Gasteiger partial charge on any atom is -0.487 e. The summed E-state index contributed by atoms with van der Waals surface area (Å²) in [5.41, 5.74) is 2.11. The lowest BCUT2D eigenvalue weighted by molar-refractivity contribution is -0.128. The molecule has 8 heteroatoms. The summed E-state index contributed by atoms with van der Waals surface area (Å²) in [5, 5.41) is 6.95. The summed E-state index contributed by atoms with van der Waals surface area (Å²) < 4.78 is 5.89. The zero-order valence-corrected chi connectivity index (χ0v) is 20.9. The molecule has 1 heterocycles. The second kappa shape index (κ2) is 13.4. The fraction of sp³-hybridized carbons (Fsp3) is 0.391. The summed E-state index contributed by atoms with van der Waals surface area (Å²) in [6.07, 6.45) is 2.18. The Morgan fingerprint density at radius 3 is 2.45 bits per heavy atom. The Morgan fingerprint density at radius 1 is 1.06 bits per heavy atom. The number of guanidine groups is 1. The van der Waals surface area contributed by atoms with Gasteiger partial charge < -0.3 is 20.3 Å². The lowest BCUT2D eigenvalue weighted by atomic mass is 10.1. The van der Waals surface area contributed by atoms with E-state index in [2.05, 4.69) is 15.6 Å². The van der Waals surface area contributed by atoms with Gasteiger partial charge in [0.25, 0.3) is 0 Å². The van der Waals surface area contributed by atoms with E-state index in [4.69, 9.17) is 16.3 Å². The Hall–Kier alpha value is -2.00. The molecule has 2 N–H and O–H groups in total. The van der Waals surface area contributed by atoms with Crippen LogP contribution in [0.25, 0.3) is 0 Å². The topological polar surface area (TPSA) is 66.0 Å². The Kier molecular flexibility index (Phi) is 10.9. The Balaban J connectivity index is 0.00000341. The number of nitrogens with one attached hydrogen (secondary N) is 2. The smallest absolute Gasteiger partial charge is 0.241 e. The van der Waals surface area contributed by atoms with Crippen molar-refractivity contribution in [1.29, 1.82) is 0 Å². The van der Waals surface area contributed by atoms with Crippen LogP contribution in [0.1, 0.15) is 30.9 Å². The Morgan fingerprint density at radius 2 is 1.74 bits per heavy atom. The number of amides is 1. The molecule has 0 atom stereocenters. The molecule has 6 nitrogen and oxygen atoms in total. The van der Waals surface area contributed by atoms with Crippen LogP contribution in [0.5, 0.6) is 5.75 Å². The largest absolute Gasteiger partial charge is 0.487 e. The molecular weight excluding hydrogens is 527 g/mol. The maximum Gasteiger partial charge on any atom is 0.241 e. The summed E-state index contributed by atoms with van der Waals surface area (Å²) in [6, 6.07) is 15.5. The van der Waals surface area contributed by atoms with E-state index in [1.54, 1.807) is 0 Å². The number of carbonyl (C=O) groups excluding carboxylic acids is 1. The van der Waals surface area contributed by atoms with Crippen LogP contribution in [-0.2, 0) is 17.9 Å². The molecule has 1 fully saturated rings. The molecule has 0 aliphatic carbocycles. The molecule has 0 unspecified atom stereocenters. The van der Waals surface area contributed by atoms with Crippen LogP contribution >= 0.6 is 35.6 Å². The van der Waals surface area contributed by atoms with E-state index in [-0.39, 0.29) is 36.4 Å². The third-order valence-electron chi connectivity index (χ3n) is 4.96. The lowest BCUT2D eigenvalue weighted by Crippen LogP contribution is -2.44. The maximum absolute atomic E-state index is 12.3. The molecule has 1 aliphatic rings. The van der Waals surface area contributed by atoms with Gasteiger partial charge in [0.15, 0.2) is 5.96 Å². The highest BCUT2D eigenvalue weighted by atomic mass is 127. The van der Waals surface area contributed by atoms with E-state index in [0.717, 1.165) is 43.6 Å². The fourth-order valence-electron chi connectivity index (χ4n) is 3.31. The SMILES string of the molecule is CCNC(=NCc1ccccc1COc1ccccc1Cl)NCC(=O)N1CCCC1.I. The molecule has 168 valence electrons. The predicted octanol–water partition coefficient (Wildman–Crippen LogP) is 4.21. The first-order chi connectivity index (χ1) is 14.7. The van der Waals surface area contributed by atoms with Gasteiger partial charge in [-0.05, 0) is 43.0 Å². The van der Waals surface area contributed by atoms with Crippen molar-refractivity contribution in [2.45, 2.75) is 32.9 Å². The highest BCUT2D eigenvalue weighted by molar-refractivity contribution is 14.0. The van der Waals surface area contributed by atoms with Crippen molar-refractivity contribution in [3.8, 4) is 5.75 Å². The third kappa shape index (κ3) is 7.88. The van der Waals surface area contributed by atoms with Gasteiger partial charge in [-0.3, -0.25) is 4.79 Å². The van der Waals surface area contributed by atoms with Crippen LogP contribution in [0.3, 0.4) is 0 Å². The molecule has 31 heavy (non-hydrogen) atoms. The van der Waals surface area contributed by atoms with Crippen molar-refractivity contribution in [3.63, 3.8) is 0 Å². The number of nitrogens with zero attached hydrogens (tertiary/aromatic N) is 2. The van der Waals surface area contributed by atoms with E-state index >= 15 is 0 Å². The van der Waals surface area contributed by atoms with Gasteiger partial charge in [-0.1, -0.05) is 48.0 Å².